The van der Waals surface area contributed by atoms with Crippen molar-refractivity contribution in [1.82, 2.24) is 19.9 Å². The van der Waals surface area contributed by atoms with E-state index in [4.69, 9.17) is 5.11 Å². The fourth-order valence-corrected chi connectivity index (χ4v) is 1.79. The van der Waals surface area contributed by atoms with Crippen molar-refractivity contribution >= 4 is 17.0 Å². The maximum atomic E-state index is 13.5. The first-order valence-electron chi connectivity index (χ1n) is 5.18. The van der Waals surface area contributed by atoms with Gasteiger partial charge in [-0.15, -0.1) is 0 Å². The van der Waals surface area contributed by atoms with Gasteiger partial charge in [0, 0.05) is 6.07 Å². The van der Waals surface area contributed by atoms with Crippen molar-refractivity contribution in [3.63, 3.8) is 0 Å². The predicted molar refractivity (Wildman–Crippen MR) is 60.6 cm³/mol. The quantitative estimate of drug-likeness (QED) is 0.659. The van der Waals surface area contributed by atoms with Crippen molar-refractivity contribution in [1.29, 1.82) is 0 Å². The maximum Gasteiger partial charge on any atom is 0.354 e. The van der Waals surface area contributed by atoms with E-state index in [2.05, 4.69) is 19.9 Å². The van der Waals surface area contributed by atoms with E-state index in [0.717, 1.165) is 6.07 Å². The molecule has 0 radical (unpaired) electrons. The topological polar surface area (TPSA) is 94.7 Å². The van der Waals surface area contributed by atoms with Gasteiger partial charge in [0.15, 0.2) is 17.3 Å². The number of aromatic nitrogens is 4. The van der Waals surface area contributed by atoms with Gasteiger partial charge in [-0.25, -0.2) is 23.5 Å². The molecule has 0 bridgehead atoms. The van der Waals surface area contributed by atoms with Gasteiger partial charge < -0.3 is 15.1 Å². The Labute approximate surface area is 104 Å². The SMILES string of the molecule is O=C(O)c1[nH]cnc1-c1nc2c(F)cc(F)cc2[nH]1. The van der Waals surface area contributed by atoms with E-state index < -0.39 is 17.6 Å². The minimum absolute atomic E-state index is 0.0310. The van der Waals surface area contributed by atoms with E-state index >= 15 is 0 Å². The molecule has 19 heavy (non-hydrogen) atoms. The summed E-state index contributed by atoms with van der Waals surface area (Å²) >= 11 is 0. The van der Waals surface area contributed by atoms with Crippen LogP contribution in [0.15, 0.2) is 18.5 Å². The molecular formula is C11H6F2N4O2. The third kappa shape index (κ3) is 1.73. The number of halogens is 2. The average molecular weight is 264 g/mol. The summed E-state index contributed by atoms with van der Waals surface area (Å²) in [7, 11) is 0. The molecule has 96 valence electrons. The highest BCUT2D eigenvalue weighted by Crippen LogP contribution is 2.23. The summed E-state index contributed by atoms with van der Waals surface area (Å²) in [5, 5.41) is 8.94. The molecule has 2 heterocycles. The molecule has 3 aromatic rings. The number of hydrogen-bond donors (Lipinski definition) is 3. The van der Waals surface area contributed by atoms with Crippen LogP contribution in [0, 0.1) is 11.6 Å². The number of aromatic amines is 2. The monoisotopic (exact) mass is 264 g/mol. The van der Waals surface area contributed by atoms with E-state index in [1.54, 1.807) is 0 Å². The van der Waals surface area contributed by atoms with Crippen LogP contribution in [-0.4, -0.2) is 31.0 Å². The summed E-state index contributed by atoms with van der Waals surface area (Å²) in [6, 6.07) is 1.78. The van der Waals surface area contributed by atoms with Crippen LogP contribution >= 0.6 is 0 Å². The Hall–Kier alpha value is -2.77. The van der Waals surface area contributed by atoms with Gasteiger partial charge in [0.25, 0.3) is 0 Å². The van der Waals surface area contributed by atoms with Crippen LogP contribution < -0.4 is 0 Å². The van der Waals surface area contributed by atoms with Gasteiger partial charge >= 0.3 is 5.97 Å². The molecule has 3 N–H and O–H groups in total. The van der Waals surface area contributed by atoms with Crippen LogP contribution in [0.2, 0.25) is 0 Å². The highest BCUT2D eigenvalue weighted by molar-refractivity contribution is 5.92. The second-order valence-electron chi connectivity index (χ2n) is 3.80. The summed E-state index contributed by atoms with van der Waals surface area (Å²) in [5.74, 6) is -2.75. The van der Waals surface area contributed by atoms with Crippen molar-refractivity contribution in [2.45, 2.75) is 0 Å². The molecule has 0 unspecified atom stereocenters. The third-order valence-corrected chi connectivity index (χ3v) is 2.58. The molecule has 0 amide bonds. The first-order chi connectivity index (χ1) is 9.06. The molecule has 3 rings (SSSR count). The molecule has 0 aliphatic heterocycles. The zero-order valence-electron chi connectivity index (χ0n) is 9.24. The van der Waals surface area contributed by atoms with Crippen LogP contribution in [0.4, 0.5) is 8.78 Å². The number of rotatable bonds is 2. The number of carboxylic acids is 1. The highest BCUT2D eigenvalue weighted by atomic mass is 19.1. The molecule has 0 atom stereocenters. The van der Waals surface area contributed by atoms with Crippen LogP contribution in [0.3, 0.4) is 0 Å². The number of hydrogen-bond acceptors (Lipinski definition) is 3. The molecule has 0 aliphatic rings. The lowest BCUT2D eigenvalue weighted by Crippen LogP contribution is -1.99. The Morgan fingerprint density at radius 2 is 2.11 bits per heavy atom. The Morgan fingerprint density at radius 1 is 1.32 bits per heavy atom. The lowest BCUT2D eigenvalue weighted by molar-refractivity contribution is 0.0692. The number of aromatic carboxylic acids is 1. The summed E-state index contributed by atoms with van der Waals surface area (Å²) < 4.78 is 26.5. The number of nitrogens with zero attached hydrogens (tertiary/aromatic N) is 2. The minimum atomic E-state index is -1.22. The molecule has 2 aromatic heterocycles. The molecule has 0 spiro atoms. The molecule has 8 heteroatoms. The lowest BCUT2D eigenvalue weighted by atomic mass is 10.3. The summed E-state index contributed by atoms with van der Waals surface area (Å²) in [4.78, 5) is 23.7. The van der Waals surface area contributed by atoms with Gasteiger partial charge in [0.05, 0.1) is 11.8 Å². The zero-order valence-corrected chi connectivity index (χ0v) is 9.24. The second-order valence-corrected chi connectivity index (χ2v) is 3.80. The first-order valence-corrected chi connectivity index (χ1v) is 5.18. The van der Waals surface area contributed by atoms with E-state index in [9.17, 15) is 13.6 Å². The standard InChI is InChI=1S/C11H6F2N4O2/c12-4-1-5(13)7-6(2-4)16-10(17-7)8-9(11(18)19)15-3-14-8/h1-3H,(H,14,15)(H,16,17)(H,18,19). The van der Waals surface area contributed by atoms with Gasteiger partial charge in [0.1, 0.15) is 17.0 Å². The second kappa shape index (κ2) is 3.87. The predicted octanol–water partition coefficient (Wildman–Crippen LogP) is 1.93. The number of fused-ring (bicyclic) bond motifs is 1. The van der Waals surface area contributed by atoms with Crippen molar-refractivity contribution in [3.05, 3.63) is 35.8 Å². The minimum Gasteiger partial charge on any atom is -0.477 e. The van der Waals surface area contributed by atoms with Gasteiger partial charge in [-0.2, -0.15) is 0 Å². The average Bonchev–Trinajstić information content (AvgIpc) is 2.92. The van der Waals surface area contributed by atoms with Crippen LogP contribution in [0.5, 0.6) is 0 Å². The zero-order chi connectivity index (χ0) is 13.6. The molecule has 0 saturated carbocycles. The molecule has 6 nitrogen and oxygen atoms in total. The van der Waals surface area contributed by atoms with Crippen LogP contribution in [0.1, 0.15) is 10.5 Å². The van der Waals surface area contributed by atoms with Gasteiger partial charge in [-0.1, -0.05) is 0 Å². The van der Waals surface area contributed by atoms with Crippen molar-refractivity contribution < 1.29 is 18.7 Å². The van der Waals surface area contributed by atoms with Gasteiger partial charge in [0.2, 0.25) is 0 Å². The number of carbonyl (C=O) groups is 1. The first kappa shape index (κ1) is 11.3. The van der Waals surface area contributed by atoms with E-state index in [0.29, 0.717) is 6.07 Å². The van der Waals surface area contributed by atoms with Crippen LogP contribution in [0.25, 0.3) is 22.6 Å². The third-order valence-electron chi connectivity index (χ3n) is 2.58. The number of benzene rings is 1. The largest absolute Gasteiger partial charge is 0.477 e. The summed E-state index contributed by atoms with van der Waals surface area (Å²) in [5.41, 5.74) is -0.0916. The molecular weight excluding hydrogens is 258 g/mol. The smallest absolute Gasteiger partial charge is 0.354 e. The van der Waals surface area contributed by atoms with Crippen molar-refractivity contribution in [3.8, 4) is 11.5 Å². The van der Waals surface area contributed by atoms with E-state index in [1.807, 2.05) is 0 Å². The fraction of sp³-hybridized carbons (Fsp3) is 0. The number of H-pyrrole nitrogens is 2. The lowest BCUT2D eigenvalue weighted by Gasteiger charge is -1.92. The van der Waals surface area contributed by atoms with Crippen LogP contribution in [-0.2, 0) is 0 Å². The molecule has 1 aromatic carbocycles. The summed E-state index contributed by atoms with van der Waals surface area (Å²) in [6.07, 6.45) is 1.18. The van der Waals surface area contributed by atoms with Gasteiger partial charge in [-0.3, -0.25) is 0 Å². The molecule has 0 fully saturated rings. The van der Waals surface area contributed by atoms with E-state index in [1.165, 1.54) is 6.33 Å². The van der Waals surface area contributed by atoms with Gasteiger partial charge in [-0.05, 0) is 6.07 Å². The van der Waals surface area contributed by atoms with Crippen molar-refractivity contribution in [2.75, 3.05) is 0 Å². The summed E-state index contributed by atoms with van der Waals surface area (Å²) in [6.45, 7) is 0. The molecule has 0 aliphatic carbocycles. The Morgan fingerprint density at radius 3 is 2.84 bits per heavy atom. The van der Waals surface area contributed by atoms with E-state index in [-0.39, 0.29) is 28.2 Å². The maximum absolute atomic E-state index is 13.5. The Balaban J connectivity index is 2.24. The number of carboxylic acid groups (broad SMARTS) is 1. The Bertz CT molecular complexity index is 793. The number of imidazole rings is 2. The normalized spacial score (nSPS) is 11.1. The molecule has 0 saturated heterocycles. The highest BCUT2D eigenvalue weighted by Gasteiger charge is 2.19. The Kier molecular flexibility index (Phi) is 2.31. The fourth-order valence-electron chi connectivity index (χ4n) is 1.79. The number of nitrogens with one attached hydrogen (secondary N) is 2. The van der Waals surface area contributed by atoms with Crippen molar-refractivity contribution in [2.24, 2.45) is 0 Å².